The number of ketones is 2. The lowest BCUT2D eigenvalue weighted by molar-refractivity contribution is -0.117. The maximum absolute atomic E-state index is 11.7. The highest BCUT2D eigenvalue weighted by Crippen LogP contribution is 2.13. The number of ether oxygens (including phenoxy) is 1. The molecular weight excluding hydrogens is 330 g/mol. The van der Waals surface area contributed by atoms with Gasteiger partial charge in [-0.15, -0.1) is 0 Å². The Morgan fingerprint density at radius 1 is 1.08 bits per heavy atom. The van der Waals surface area contributed by atoms with Gasteiger partial charge in [0.2, 0.25) is 0 Å². The molecule has 0 aliphatic carbocycles. The average Bonchev–Trinajstić information content (AvgIpc) is 2.68. The fourth-order valence-electron chi connectivity index (χ4n) is 2.70. The van der Waals surface area contributed by atoms with Gasteiger partial charge in [0.15, 0.2) is 5.78 Å². The zero-order valence-electron chi connectivity index (χ0n) is 16.7. The van der Waals surface area contributed by atoms with Crippen molar-refractivity contribution in [2.45, 2.75) is 40.5 Å². The van der Waals surface area contributed by atoms with Crippen molar-refractivity contribution in [2.24, 2.45) is 0 Å². The van der Waals surface area contributed by atoms with E-state index in [0.717, 1.165) is 39.3 Å². The molecule has 0 saturated carbocycles. The maximum atomic E-state index is 11.7. The Morgan fingerprint density at radius 2 is 1.69 bits per heavy atom. The molecule has 0 amide bonds. The minimum atomic E-state index is 0.0784. The molecule has 0 radical (unpaired) electrons. The molecule has 2 rings (SSSR count). The third kappa shape index (κ3) is 8.06. The molecule has 26 heavy (non-hydrogen) atoms. The third-order valence-electron chi connectivity index (χ3n) is 4.28. The van der Waals surface area contributed by atoms with Gasteiger partial charge in [0.25, 0.3) is 0 Å². The highest BCUT2D eigenvalue weighted by molar-refractivity contribution is 5.95. The first-order valence-electron chi connectivity index (χ1n) is 9.63. The summed E-state index contributed by atoms with van der Waals surface area (Å²) in [5, 5.41) is 0. The van der Waals surface area contributed by atoms with E-state index < -0.39 is 0 Å². The molecule has 0 bridgehead atoms. The molecule has 6 heteroatoms. The van der Waals surface area contributed by atoms with E-state index in [1.165, 1.54) is 0 Å². The molecule has 0 spiro atoms. The van der Waals surface area contributed by atoms with E-state index >= 15 is 0 Å². The van der Waals surface area contributed by atoms with Crippen LogP contribution in [0, 0.1) is 0 Å². The van der Waals surface area contributed by atoms with E-state index in [2.05, 4.69) is 14.8 Å². The molecular formula is C20H33N3O3. The topological polar surface area (TPSA) is 62.7 Å². The number of nitrogens with zero attached hydrogens (tertiary/aromatic N) is 3. The van der Waals surface area contributed by atoms with Crippen LogP contribution in [0.2, 0.25) is 0 Å². The van der Waals surface area contributed by atoms with Gasteiger partial charge < -0.3 is 9.64 Å². The maximum Gasteiger partial charge on any atom is 0.164 e. The van der Waals surface area contributed by atoms with Crippen molar-refractivity contribution in [2.75, 3.05) is 45.9 Å². The molecule has 1 aromatic heterocycles. The normalized spacial score (nSPS) is 15.1. The number of aromatic nitrogens is 1. The molecule has 1 aliphatic heterocycles. The van der Waals surface area contributed by atoms with Crippen LogP contribution in [-0.2, 0) is 4.79 Å². The van der Waals surface area contributed by atoms with Gasteiger partial charge in [0.1, 0.15) is 18.1 Å². The average molecular weight is 364 g/mol. The van der Waals surface area contributed by atoms with Crippen LogP contribution >= 0.6 is 0 Å². The van der Waals surface area contributed by atoms with Crippen molar-refractivity contribution >= 4 is 11.6 Å². The van der Waals surface area contributed by atoms with E-state index in [4.69, 9.17) is 4.74 Å². The Kier molecular flexibility index (Phi) is 10.7. The zero-order valence-corrected chi connectivity index (χ0v) is 16.7. The van der Waals surface area contributed by atoms with E-state index in [9.17, 15) is 9.59 Å². The Bertz CT molecular complexity index is 555. The smallest absolute Gasteiger partial charge is 0.164 e. The van der Waals surface area contributed by atoms with E-state index in [1.807, 2.05) is 20.8 Å². The van der Waals surface area contributed by atoms with E-state index in [1.54, 1.807) is 25.4 Å². The molecule has 1 aliphatic rings. The van der Waals surface area contributed by atoms with Gasteiger partial charge in [-0.3, -0.25) is 19.5 Å². The highest BCUT2D eigenvalue weighted by Gasteiger charge is 2.16. The van der Waals surface area contributed by atoms with Crippen molar-refractivity contribution in [1.82, 2.24) is 14.8 Å². The van der Waals surface area contributed by atoms with Gasteiger partial charge in [0, 0.05) is 63.9 Å². The Balaban J connectivity index is 0.00000163. The van der Waals surface area contributed by atoms with E-state index in [-0.39, 0.29) is 11.6 Å². The van der Waals surface area contributed by atoms with Crippen LogP contribution in [0.5, 0.6) is 5.75 Å². The molecule has 1 fully saturated rings. The fourth-order valence-corrected chi connectivity index (χ4v) is 2.70. The monoisotopic (exact) mass is 363 g/mol. The van der Waals surface area contributed by atoms with Gasteiger partial charge in [-0.2, -0.15) is 0 Å². The van der Waals surface area contributed by atoms with Crippen molar-refractivity contribution < 1.29 is 14.3 Å². The lowest BCUT2D eigenvalue weighted by Crippen LogP contribution is -2.47. The largest absolute Gasteiger partial charge is 0.491 e. The molecule has 6 nitrogen and oxygen atoms in total. The standard InChI is InChI=1S/C18H27N3O3.C2H6/c1-3-18(23)16-12-17(14-19-13-16)24-11-10-21-8-6-20(7-9-21)5-4-15(2)22;1-2/h12-14H,3-11H2,1-2H3;1-2H3. The minimum Gasteiger partial charge on any atom is -0.491 e. The van der Waals surface area contributed by atoms with E-state index in [0.29, 0.717) is 30.8 Å². The van der Waals surface area contributed by atoms with Crippen LogP contribution in [0.4, 0.5) is 0 Å². The van der Waals surface area contributed by atoms with Gasteiger partial charge in [-0.05, 0) is 13.0 Å². The van der Waals surface area contributed by atoms with Crippen LogP contribution in [0.1, 0.15) is 50.9 Å². The van der Waals surface area contributed by atoms with Crippen LogP contribution in [0.3, 0.4) is 0 Å². The minimum absolute atomic E-state index is 0.0784. The lowest BCUT2D eigenvalue weighted by Gasteiger charge is -2.34. The van der Waals surface area contributed by atoms with Crippen molar-refractivity contribution in [3.63, 3.8) is 0 Å². The summed E-state index contributed by atoms with van der Waals surface area (Å²) in [6.07, 6.45) is 4.34. The number of pyridine rings is 1. The number of hydrogen-bond donors (Lipinski definition) is 0. The van der Waals surface area contributed by atoms with Crippen LogP contribution in [0.25, 0.3) is 0 Å². The number of Topliss-reactive ketones (excluding diaryl/α,β-unsaturated/α-hetero) is 2. The quantitative estimate of drug-likeness (QED) is 0.629. The Labute approximate surface area is 157 Å². The SMILES string of the molecule is CC.CCC(=O)c1cncc(OCCN2CCN(CCC(C)=O)CC2)c1. The third-order valence-corrected chi connectivity index (χ3v) is 4.28. The second-order valence-electron chi connectivity index (χ2n) is 6.17. The van der Waals surface area contributed by atoms with Crippen LogP contribution < -0.4 is 4.74 Å². The predicted molar refractivity (Wildman–Crippen MR) is 104 cm³/mol. The summed E-state index contributed by atoms with van der Waals surface area (Å²) in [6, 6.07) is 1.76. The first-order chi connectivity index (χ1) is 12.6. The molecule has 1 aromatic rings. The van der Waals surface area contributed by atoms with Crippen molar-refractivity contribution in [3.8, 4) is 5.75 Å². The molecule has 0 unspecified atom stereocenters. The number of rotatable bonds is 9. The summed E-state index contributed by atoms with van der Waals surface area (Å²) in [5.74, 6) is 0.979. The fraction of sp³-hybridized carbons (Fsp3) is 0.650. The Hall–Kier alpha value is -1.79. The zero-order chi connectivity index (χ0) is 19.4. The van der Waals surface area contributed by atoms with Gasteiger partial charge in [-0.1, -0.05) is 20.8 Å². The van der Waals surface area contributed by atoms with Gasteiger partial charge in [-0.25, -0.2) is 0 Å². The molecule has 0 aromatic carbocycles. The first kappa shape index (κ1) is 22.3. The summed E-state index contributed by atoms with van der Waals surface area (Å²) < 4.78 is 5.74. The highest BCUT2D eigenvalue weighted by atomic mass is 16.5. The molecule has 2 heterocycles. The van der Waals surface area contributed by atoms with Crippen LogP contribution in [-0.4, -0.2) is 72.2 Å². The summed E-state index contributed by atoms with van der Waals surface area (Å²) in [5.41, 5.74) is 0.606. The van der Waals surface area contributed by atoms with Crippen LogP contribution in [0.15, 0.2) is 18.5 Å². The predicted octanol–water partition coefficient (Wildman–Crippen LogP) is 2.68. The number of hydrogen-bond acceptors (Lipinski definition) is 6. The summed E-state index contributed by atoms with van der Waals surface area (Å²) >= 11 is 0. The van der Waals surface area contributed by atoms with Gasteiger partial charge in [0.05, 0.1) is 6.20 Å². The number of piperazine rings is 1. The van der Waals surface area contributed by atoms with Gasteiger partial charge >= 0.3 is 0 Å². The summed E-state index contributed by atoms with van der Waals surface area (Å²) in [4.78, 5) is 31.5. The second-order valence-corrected chi connectivity index (χ2v) is 6.17. The van der Waals surface area contributed by atoms with Crippen molar-refractivity contribution in [3.05, 3.63) is 24.0 Å². The molecule has 146 valence electrons. The molecule has 0 N–H and O–H groups in total. The molecule has 0 atom stereocenters. The molecule has 1 saturated heterocycles. The first-order valence-corrected chi connectivity index (χ1v) is 9.63. The summed E-state index contributed by atoms with van der Waals surface area (Å²) in [7, 11) is 0. The number of carbonyl (C=O) groups is 2. The van der Waals surface area contributed by atoms with Crippen molar-refractivity contribution in [1.29, 1.82) is 0 Å². The Morgan fingerprint density at radius 3 is 2.27 bits per heavy atom. The summed E-state index contributed by atoms with van der Waals surface area (Å²) in [6.45, 7) is 13.8. The lowest BCUT2D eigenvalue weighted by atomic mass is 10.1. The number of carbonyl (C=O) groups excluding carboxylic acids is 2. The second kappa shape index (κ2) is 12.5.